The molecule has 0 amide bonds. The van der Waals surface area contributed by atoms with Gasteiger partial charge in [0.15, 0.2) is 5.82 Å². The van der Waals surface area contributed by atoms with Crippen LogP contribution in [0.4, 0.5) is 10.2 Å². The number of nitrogen functional groups attached to an aromatic ring is 1. The lowest BCUT2D eigenvalue weighted by atomic mass is 10.2. The lowest BCUT2D eigenvalue weighted by Crippen LogP contribution is -1.91. The average molecular weight is 197 g/mol. The van der Waals surface area contributed by atoms with Crippen molar-refractivity contribution in [3.63, 3.8) is 0 Å². The molecule has 13 heavy (non-hydrogen) atoms. The zero-order valence-corrected chi connectivity index (χ0v) is 7.35. The van der Waals surface area contributed by atoms with Crippen molar-refractivity contribution in [2.75, 3.05) is 5.73 Å². The first kappa shape index (κ1) is 8.26. The summed E-state index contributed by atoms with van der Waals surface area (Å²) in [6.45, 7) is 0. The Bertz CT molecular complexity index is 470. The summed E-state index contributed by atoms with van der Waals surface area (Å²) in [6, 6.07) is 6.16. The fourth-order valence-corrected chi connectivity index (χ4v) is 1.39. The number of halogens is 2. The zero-order chi connectivity index (χ0) is 9.42. The maximum absolute atomic E-state index is 13.2. The molecule has 1 aromatic carbocycles. The zero-order valence-electron chi connectivity index (χ0n) is 6.59. The largest absolute Gasteiger partial charge is 0.384 e. The smallest absolute Gasteiger partial charge is 0.150 e. The molecule has 2 N–H and O–H groups in total. The Labute approximate surface area is 79.1 Å². The van der Waals surface area contributed by atoms with Crippen LogP contribution in [-0.4, -0.2) is 4.98 Å². The van der Waals surface area contributed by atoms with E-state index in [4.69, 9.17) is 17.3 Å². The van der Waals surface area contributed by atoms with Crippen molar-refractivity contribution >= 4 is 28.3 Å². The molecule has 0 atom stereocenters. The number of nitrogens with two attached hydrogens (primary N) is 1. The van der Waals surface area contributed by atoms with Crippen LogP contribution in [0.5, 0.6) is 0 Å². The predicted molar refractivity (Wildman–Crippen MR) is 51.1 cm³/mol. The molecule has 0 aliphatic rings. The van der Waals surface area contributed by atoms with Crippen molar-refractivity contribution in [3.8, 4) is 0 Å². The van der Waals surface area contributed by atoms with Gasteiger partial charge in [-0.25, -0.2) is 9.37 Å². The van der Waals surface area contributed by atoms with Gasteiger partial charge in [0.25, 0.3) is 0 Å². The van der Waals surface area contributed by atoms with Crippen molar-refractivity contribution in [1.82, 2.24) is 4.98 Å². The number of hydrogen-bond acceptors (Lipinski definition) is 2. The van der Waals surface area contributed by atoms with Crippen LogP contribution in [0, 0.1) is 5.82 Å². The SMILES string of the molecule is Nc1ccc2cc(Cl)cc(F)c2n1. The van der Waals surface area contributed by atoms with Gasteiger partial charge in [-0.05, 0) is 24.3 Å². The van der Waals surface area contributed by atoms with Gasteiger partial charge < -0.3 is 5.73 Å². The average Bonchev–Trinajstić information content (AvgIpc) is 2.06. The number of pyridine rings is 1. The van der Waals surface area contributed by atoms with Gasteiger partial charge in [0, 0.05) is 10.4 Å². The highest BCUT2D eigenvalue weighted by atomic mass is 35.5. The first-order chi connectivity index (χ1) is 6.16. The van der Waals surface area contributed by atoms with Gasteiger partial charge >= 0.3 is 0 Å². The highest BCUT2D eigenvalue weighted by Crippen LogP contribution is 2.21. The Kier molecular flexibility index (Phi) is 1.81. The van der Waals surface area contributed by atoms with Crippen molar-refractivity contribution in [2.45, 2.75) is 0 Å². The Morgan fingerprint density at radius 3 is 2.85 bits per heavy atom. The van der Waals surface area contributed by atoms with Gasteiger partial charge in [-0.15, -0.1) is 0 Å². The molecule has 2 rings (SSSR count). The summed E-state index contributed by atoms with van der Waals surface area (Å²) < 4.78 is 13.2. The fraction of sp³-hybridized carbons (Fsp3) is 0. The molecule has 4 heteroatoms. The molecule has 1 aromatic heterocycles. The minimum absolute atomic E-state index is 0.254. The second-order valence-electron chi connectivity index (χ2n) is 2.70. The summed E-state index contributed by atoms with van der Waals surface area (Å²) in [7, 11) is 0. The number of fused-ring (bicyclic) bond motifs is 1. The quantitative estimate of drug-likeness (QED) is 0.704. The van der Waals surface area contributed by atoms with E-state index < -0.39 is 5.82 Å². The maximum atomic E-state index is 13.2. The van der Waals surface area contributed by atoms with Gasteiger partial charge in [0.05, 0.1) is 0 Å². The molecule has 0 radical (unpaired) electrons. The molecular formula is C9H6ClFN2. The number of aromatic nitrogens is 1. The van der Waals surface area contributed by atoms with E-state index in [1.165, 1.54) is 6.07 Å². The summed E-state index contributed by atoms with van der Waals surface area (Å²) in [6.07, 6.45) is 0. The third kappa shape index (κ3) is 1.42. The van der Waals surface area contributed by atoms with Crippen LogP contribution in [0.2, 0.25) is 5.02 Å². The number of nitrogens with zero attached hydrogens (tertiary/aromatic N) is 1. The van der Waals surface area contributed by atoms with Crippen molar-refractivity contribution < 1.29 is 4.39 Å². The lowest BCUT2D eigenvalue weighted by Gasteiger charge is -2.00. The molecule has 0 saturated carbocycles. The van der Waals surface area contributed by atoms with Gasteiger partial charge in [0.1, 0.15) is 11.3 Å². The molecule has 0 saturated heterocycles. The van der Waals surface area contributed by atoms with Crippen LogP contribution in [0.1, 0.15) is 0 Å². The summed E-state index contributed by atoms with van der Waals surface area (Å²) >= 11 is 5.66. The van der Waals surface area contributed by atoms with Crippen LogP contribution >= 0.6 is 11.6 Å². The van der Waals surface area contributed by atoms with Crippen LogP contribution < -0.4 is 5.73 Å². The number of benzene rings is 1. The fourth-order valence-electron chi connectivity index (χ4n) is 1.17. The standard InChI is InChI=1S/C9H6ClFN2/c10-6-3-5-1-2-8(12)13-9(5)7(11)4-6/h1-4H,(H2,12,13). The predicted octanol–water partition coefficient (Wildman–Crippen LogP) is 2.61. The Hall–Kier alpha value is -1.35. The Balaban J connectivity index is 2.87. The van der Waals surface area contributed by atoms with Crippen molar-refractivity contribution in [1.29, 1.82) is 0 Å². The molecule has 0 aliphatic heterocycles. The molecule has 66 valence electrons. The van der Waals surface area contributed by atoms with E-state index in [9.17, 15) is 4.39 Å². The Morgan fingerprint density at radius 2 is 2.08 bits per heavy atom. The molecule has 0 bridgehead atoms. The van der Waals surface area contributed by atoms with Crippen LogP contribution in [0.15, 0.2) is 24.3 Å². The summed E-state index contributed by atoms with van der Waals surface area (Å²) in [5, 5.41) is 1.01. The molecule has 0 unspecified atom stereocenters. The molecule has 0 spiro atoms. The molecule has 2 aromatic rings. The normalized spacial score (nSPS) is 10.6. The Morgan fingerprint density at radius 1 is 1.31 bits per heavy atom. The molecule has 0 aliphatic carbocycles. The highest BCUT2D eigenvalue weighted by molar-refractivity contribution is 6.31. The van der Waals surface area contributed by atoms with E-state index in [0.717, 1.165) is 0 Å². The third-order valence-electron chi connectivity index (χ3n) is 1.73. The first-order valence-corrected chi connectivity index (χ1v) is 4.06. The second kappa shape index (κ2) is 2.85. The minimum Gasteiger partial charge on any atom is -0.384 e. The molecular weight excluding hydrogens is 191 g/mol. The first-order valence-electron chi connectivity index (χ1n) is 3.68. The van der Waals surface area contributed by atoms with Crippen molar-refractivity contribution in [3.05, 3.63) is 35.1 Å². The van der Waals surface area contributed by atoms with Gasteiger partial charge in [-0.1, -0.05) is 11.6 Å². The van der Waals surface area contributed by atoms with E-state index in [1.807, 2.05) is 0 Å². The molecule has 1 heterocycles. The van der Waals surface area contributed by atoms with Crippen LogP contribution in [0.3, 0.4) is 0 Å². The third-order valence-corrected chi connectivity index (χ3v) is 1.95. The number of anilines is 1. The topological polar surface area (TPSA) is 38.9 Å². The maximum Gasteiger partial charge on any atom is 0.150 e. The summed E-state index contributed by atoms with van der Waals surface area (Å²) in [5.41, 5.74) is 5.67. The summed E-state index contributed by atoms with van der Waals surface area (Å²) in [4.78, 5) is 3.86. The lowest BCUT2D eigenvalue weighted by molar-refractivity contribution is 0.637. The minimum atomic E-state index is -0.449. The van der Waals surface area contributed by atoms with Crippen LogP contribution in [0.25, 0.3) is 10.9 Å². The van der Waals surface area contributed by atoms with E-state index >= 15 is 0 Å². The number of rotatable bonds is 0. The summed E-state index contributed by atoms with van der Waals surface area (Å²) in [5.74, 6) is -0.150. The molecule has 0 fully saturated rings. The number of hydrogen-bond donors (Lipinski definition) is 1. The monoisotopic (exact) mass is 196 g/mol. The highest BCUT2D eigenvalue weighted by Gasteiger charge is 2.03. The van der Waals surface area contributed by atoms with E-state index in [0.29, 0.717) is 16.2 Å². The van der Waals surface area contributed by atoms with Gasteiger partial charge in [-0.2, -0.15) is 0 Å². The van der Waals surface area contributed by atoms with Crippen molar-refractivity contribution in [2.24, 2.45) is 0 Å². The van der Waals surface area contributed by atoms with E-state index in [2.05, 4.69) is 4.98 Å². The van der Waals surface area contributed by atoms with Gasteiger partial charge in [-0.3, -0.25) is 0 Å². The van der Waals surface area contributed by atoms with Gasteiger partial charge in [0.2, 0.25) is 0 Å². The molecule has 2 nitrogen and oxygen atoms in total. The van der Waals surface area contributed by atoms with E-state index in [-0.39, 0.29) is 5.52 Å². The van der Waals surface area contributed by atoms with Crippen LogP contribution in [-0.2, 0) is 0 Å². The van der Waals surface area contributed by atoms with E-state index in [1.54, 1.807) is 18.2 Å². The second-order valence-corrected chi connectivity index (χ2v) is 3.13.